The molecule has 1 aliphatic heterocycles. The number of fused-ring (bicyclic) bond motifs is 1. The van der Waals surface area contributed by atoms with E-state index < -0.39 is 11.8 Å². The lowest BCUT2D eigenvalue weighted by Gasteiger charge is -2.10. The van der Waals surface area contributed by atoms with E-state index in [1.165, 1.54) is 0 Å². The van der Waals surface area contributed by atoms with Crippen LogP contribution in [0.15, 0.2) is 36.4 Å². The van der Waals surface area contributed by atoms with Gasteiger partial charge in [0.1, 0.15) is 6.42 Å². The molecular formula is C17H15ClN2O4. The van der Waals surface area contributed by atoms with Gasteiger partial charge in [-0.2, -0.15) is 0 Å². The lowest BCUT2D eigenvalue weighted by atomic mass is 10.2. The largest absolute Gasteiger partial charge is 0.454 e. The Labute approximate surface area is 143 Å². The zero-order chi connectivity index (χ0) is 17.1. The second-order valence-electron chi connectivity index (χ2n) is 5.25. The molecular weight excluding hydrogens is 332 g/mol. The molecule has 7 heteroatoms. The van der Waals surface area contributed by atoms with Crippen LogP contribution in [0.2, 0.25) is 5.02 Å². The monoisotopic (exact) mass is 346 g/mol. The van der Waals surface area contributed by atoms with Crippen LogP contribution >= 0.6 is 11.6 Å². The van der Waals surface area contributed by atoms with Crippen molar-refractivity contribution in [1.29, 1.82) is 0 Å². The number of carbonyl (C=O) groups excluding carboxylic acids is 2. The van der Waals surface area contributed by atoms with Crippen molar-refractivity contribution in [2.45, 2.75) is 13.3 Å². The first-order valence-corrected chi connectivity index (χ1v) is 7.65. The number of rotatable bonds is 4. The SMILES string of the molecule is Cc1c(Cl)cccc1NC(=O)CC(=O)Nc1ccc2c(c1)OCO2. The highest BCUT2D eigenvalue weighted by Crippen LogP contribution is 2.34. The van der Waals surface area contributed by atoms with Crippen LogP contribution in [0.3, 0.4) is 0 Å². The van der Waals surface area contributed by atoms with E-state index >= 15 is 0 Å². The fourth-order valence-electron chi connectivity index (χ4n) is 2.26. The fourth-order valence-corrected chi connectivity index (χ4v) is 2.44. The normalized spacial score (nSPS) is 11.9. The highest BCUT2D eigenvalue weighted by Gasteiger charge is 2.16. The predicted octanol–water partition coefficient (Wildman–Crippen LogP) is 3.34. The minimum Gasteiger partial charge on any atom is -0.454 e. The van der Waals surface area contributed by atoms with Gasteiger partial charge in [-0.05, 0) is 36.8 Å². The minimum absolute atomic E-state index is 0.161. The van der Waals surface area contributed by atoms with Gasteiger partial charge in [0.05, 0.1) is 0 Å². The zero-order valence-corrected chi connectivity index (χ0v) is 13.6. The highest BCUT2D eigenvalue weighted by atomic mass is 35.5. The van der Waals surface area contributed by atoms with Crippen LogP contribution in [0, 0.1) is 6.92 Å². The van der Waals surface area contributed by atoms with Crippen LogP contribution in [0.5, 0.6) is 11.5 Å². The van der Waals surface area contributed by atoms with Crippen LogP contribution in [-0.4, -0.2) is 18.6 Å². The van der Waals surface area contributed by atoms with Gasteiger partial charge in [-0.1, -0.05) is 17.7 Å². The zero-order valence-electron chi connectivity index (χ0n) is 12.9. The van der Waals surface area contributed by atoms with Crippen LogP contribution in [0.1, 0.15) is 12.0 Å². The van der Waals surface area contributed by atoms with E-state index in [0.717, 1.165) is 5.56 Å². The Morgan fingerprint density at radius 3 is 2.67 bits per heavy atom. The topological polar surface area (TPSA) is 76.7 Å². The summed E-state index contributed by atoms with van der Waals surface area (Å²) in [6.45, 7) is 1.96. The van der Waals surface area contributed by atoms with Crippen LogP contribution < -0.4 is 20.1 Å². The predicted molar refractivity (Wildman–Crippen MR) is 90.6 cm³/mol. The van der Waals surface area contributed by atoms with Crippen molar-refractivity contribution in [3.05, 3.63) is 47.0 Å². The number of hydrogen-bond donors (Lipinski definition) is 2. The number of hydrogen-bond acceptors (Lipinski definition) is 4. The molecule has 2 aromatic carbocycles. The van der Waals surface area contributed by atoms with Crippen LogP contribution in [-0.2, 0) is 9.59 Å². The maximum atomic E-state index is 12.0. The number of halogens is 1. The van der Waals surface area contributed by atoms with Crippen molar-refractivity contribution < 1.29 is 19.1 Å². The molecule has 0 spiro atoms. The molecule has 0 aliphatic carbocycles. The minimum atomic E-state index is -0.425. The Morgan fingerprint density at radius 1 is 1.08 bits per heavy atom. The van der Waals surface area contributed by atoms with E-state index in [-0.39, 0.29) is 13.2 Å². The first-order valence-electron chi connectivity index (χ1n) is 7.27. The summed E-state index contributed by atoms with van der Waals surface area (Å²) < 4.78 is 10.4. The molecule has 0 saturated heterocycles. The van der Waals surface area contributed by atoms with Gasteiger partial charge < -0.3 is 20.1 Å². The van der Waals surface area contributed by atoms with Gasteiger partial charge in [0.25, 0.3) is 0 Å². The molecule has 0 saturated carbocycles. The molecule has 0 atom stereocenters. The smallest absolute Gasteiger partial charge is 0.233 e. The Kier molecular flexibility index (Phi) is 4.57. The number of nitrogens with one attached hydrogen (secondary N) is 2. The molecule has 2 N–H and O–H groups in total. The maximum absolute atomic E-state index is 12.0. The molecule has 124 valence electrons. The van der Waals surface area contributed by atoms with Gasteiger partial charge in [0, 0.05) is 22.5 Å². The first kappa shape index (κ1) is 16.1. The van der Waals surface area contributed by atoms with E-state index in [4.69, 9.17) is 21.1 Å². The molecule has 0 fully saturated rings. The Hall–Kier alpha value is -2.73. The summed E-state index contributed by atoms with van der Waals surface area (Å²) in [5, 5.41) is 5.89. The van der Waals surface area contributed by atoms with Crippen molar-refractivity contribution in [1.82, 2.24) is 0 Å². The standard InChI is InChI=1S/C17H15ClN2O4/c1-10-12(18)3-2-4-13(10)20-17(22)8-16(21)19-11-5-6-14-15(7-11)24-9-23-14/h2-7H,8-9H2,1H3,(H,19,21)(H,20,22). The summed E-state index contributed by atoms with van der Waals surface area (Å²) in [7, 11) is 0. The summed E-state index contributed by atoms with van der Waals surface area (Å²) in [5.41, 5.74) is 1.88. The molecule has 1 heterocycles. The van der Waals surface area contributed by atoms with Crippen LogP contribution in [0.25, 0.3) is 0 Å². The van der Waals surface area contributed by atoms with E-state index in [1.807, 2.05) is 0 Å². The molecule has 24 heavy (non-hydrogen) atoms. The Balaban J connectivity index is 1.58. The number of carbonyl (C=O) groups is 2. The molecule has 0 unspecified atom stereocenters. The quantitative estimate of drug-likeness (QED) is 0.832. The number of benzene rings is 2. The van der Waals surface area contributed by atoms with Crippen molar-refractivity contribution in [3.63, 3.8) is 0 Å². The second-order valence-corrected chi connectivity index (χ2v) is 5.66. The third-order valence-electron chi connectivity index (χ3n) is 3.52. The third-order valence-corrected chi connectivity index (χ3v) is 3.93. The summed E-state index contributed by atoms with van der Waals surface area (Å²) in [5.74, 6) is 0.346. The van der Waals surface area contributed by atoms with Crippen LogP contribution in [0.4, 0.5) is 11.4 Å². The van der Waals surface area contributed by atoms with Gasteiger partial charge in [0.2, 0.25) is 18.6 Å². The second kappa shape index (κ2) is 6.80. The summed E-state index contributed by atoms with van der Waals surface area (Å²) in [6.07, 6.45) is -0.305. The molecule has 0 aromatic heterocycles. The van der Waals surface area contributed by atoms with Crippen molar-refractivity contribution in [2.75, 3.05) is 17.4 Å². The molecule has 0 bridgehead atoms. The van der Waals surface area contributed by atoms with Gasteiger partial charge in [-0.3, -0.25) is 9.59 Å². The molecule has 6 nitrogen and oxygen atoms in total. The van der Waals surface area contributed by atoms with E-state index in [0.29, 0.717) is 27.9 Å². The van der Waals surface area contributed by atoms with Gasteiger partial charge in [-0.15, -0.1) is 0 Å². The first-order chi connectivity index (χ1) is 11.5. The molecule has 2 amide bonds. The van der Waals surface area contributed by atoms with Crippen molar-refractivity contribution in [3.8, 4) is 11.5 Å². The summed E-state index contributed by atoms with van der Waals surface area (Å²) in [4.78, 5) is 24.0. The molecule has 0 radical (unpaired) electrons. The highest BCUT2D eigenvalue weighted by molar-refractivity contribution is 6.31. The molecule has 3 rings (SSSR count). The van der Waals surface area contributed by atoms with Gasteiger partial charge in [0.15, 0.2) is 11.5 Å². The summed E-state index contributed by atoms with van der Waals surface area (Å²) in [6, 6.07) is 10.2. The average molecular weight is 347 g/mol. The van der Waals surface area contributed by atoms with Crippen molar-refractivity contribution >= 4 is 34.8 Å². The number of anilines is 2. The van der Waals surface area contributed by atoms with Gasteiger partial charge in [-0.25, -0.2) is 0 Å². The van der Waals surface area contributed by atoms with Gasteiger partial charge >= 0.3 is 0 Å². The van der Waals surface area contributed by atoms with E-state index in [1.54, 1.807) is 43.3 Å². The molecule has 2 aromatic rings. The Morgan fingerprint density at radius 2 is 1.83 bits per heavy atom. The fraction of sp³-hybridized carbons (Fsp3) is 0.176. The average Bonchev–Trinajstić information content (AvgIpc) is 2.99. The third kappa shape index (κ3) is 3.60. The molecule has 1 aliphatic rings. The summed E-state index contributed by atoms with van der Waals surface area (Å²) >= 11 is 6.00. The van der Waals surface area contributed by atoms with E-state index in [2.05, 4.69) is 10.6 Å². The lowest BCUT2D eigenvalue weighted by Crippen LogP contribution is -2.21. The maximum Gasteiger partial charge on any atom is 0.233 e. The lowest BCUT2D eigenvalue weighted by molar-refractivity contribution is -0.123. The Bertz CT molecular complexity index is 807. The number of ether oxygens (including phenoxy) is 2. The van der Waals surface area contributed by atoms with Crippen molar-refractivity contribution in [2.24, 2.45) is 0 Å². The van der Waals surface area contributed by atoms with E-state index in [9.17, 15) is 9.59 Å². The number of amides is 2.